The van der Waals surface area contributed by atoms with Gasteiger partial charge in [-0.15, -0.1) is 0 Å². The largest absolute Gasteiger partial charge is 0.497 e. The number of aryl methyl sites for hydroxylation is 6. The highest BCUT2D eigenvalue weighted by atomic mass is 32.2. The van der Waals surface area contributed by atoms with Gasteiger partial charge in [-0.2, -0.15) is 0 Å². The molecule has 6 aromatic rings. The third-order valence-corrected chi connectivity index (χ3v) is 11.8. The number of methoxy groups -OCH3 is 1. The molecule has 0 aliphatic carbocycles. The van der Waals surface area contributed by atoms with Gasteiger partial charge in [0.05, 0.1) is 16.9 Å². The number of unbranched alkanes of at least 4 members (excludes halogenated alkanes) is 1. The number of hydrogen-bond donors (Lipinski definition) is 4. The number of benzene rings is 6. The Morgan fingerprint density at radius 2 is 0.803 bits per heavy atom. The second-order valence-corrected chi connectivity index (χ2v) is 18.4. The summed E-state index contributed by atoms with van der Waals surface area (Å²) in [5.74, 6) is 0.847. The third-order valence-electron chi connectivity index (χ3n) is 8.91. The fourth-order valence-corrected chi connectivity index (χ4v) is 6.29. The van der Waals surface area contributed by atoms with Crippen molar-refractivity contribution in [2.24, 2.45) is 0 Å². The van der Waals surface area contributed by atoms with Gasteiger partial charge in [0.2, 0.25) is 20.0 Å². The quantitative estimate of drug-likeness (QED) is 0.118. The smallest absolute Gasteiger partial charge is 0.251 e. The Morgan fingerprint density at radius 3 is 1.18 bits per heavy atom. The van der Waals surface area contributed by atoms with Crippen LogP contribution in [0.4, 0.5) is 0 Å². The molecule has 0 aliphatic heterocycles. The van der Waals surface area contributed by atoms with Gasteiger partial charge in [0, 0.05) is 25.2 Å². The van der Waals surface area contributed by atoms with E-state index in [1.165, 1.54) is 38.1 Å². The number of amides is 2. The van der Waals surface area contributed by atoms with Gasteiger partial charge in [0.25, 0.3) is 11.8 Å². The molecule has 11 nitrogen and oxygen atoms in total. The second-order valence-electron chi connectivity index (χ2n) is 14.6. The van der Waals surface area contributed by atoms with Gasteiger partial charge in [0.15, 0.2) is 0 Å². The Hall–Kier alpha value is -6.12. The average molecular weight is 941 g/mol. The van der Waals surface area contributed by atoms with Crippen LogP contribution in [0.5, 0.6) is 5.75 Å². The van der Waals surface area contributed by atoms with Gasteiger partial charge in [-0.1, -0.05) is 146 Å². The summed E-state index contributed by atoms with van der Waals surface area (Å²) in [5.41, 5.74) is 8.25. The van der Waals surface area contributed by atoms with Crippen molar-refractivity contribution in [1.29, 1.82) is 0 Å². The monoisotopic (exact) mass is 940 g/mol. The Morgan fingerprint density at radius 1 is 0.424 bits per heavy atom. The summed E-state index contributed by atoms with van der Waals surface area (Å²) in [4.78, 5) is 22.7. The Kier molecular flexibility index (Phi) is 30.3. The molecule has 2 amide bonds. The van der Waals surface area contributed by atoms with E-state index in [2.05, 4.69) is 59.9 Å². The topological polar surface area (TPSA) is 160 Å². The number of rotatable bonds is 8. The van der Waals surface area contributed by atoms with Crippen molar-refractivity contribution in [3.63, 3.8) is 0 Å². The Labute approximate surface area is 396 Å². The van der Waals surface area contributed by atoms with E-state index < -0.39 is 20.0 Å². The van der Waals surface area contributed by atoms with E-state index in [4.69, 9.17) is 4.74 Å². The first-order valence-corrected chi connectivity index (χ1v) is 24.4. The van der Waals surface area contributed by atoms with Gasteiger partial charge in [-0.05, 0) is 122 Å². The van der Waals surface area contributed by atoms with Crippen LogP contribution in [-0.4, -0.2) is 64.0 Å². The molecule has 0 fully saturated rings. The number of nitrogens with one attached hydrogen (secondary N) is 4. The van der Waals surface area contributed by atoms with E-state index in [9.17, 15) is 26.4 Å². The van der Waals surface area contributed by atoms with Crippen LogP contribution in [0.25, 0.3) is 0 Å². The number of carbonyl (C=O) groups excluding carboxylic acids is 2. The SMILES string of the molecule is CCCC.CNC(=O)c1ccc(C)cc1.CNC(=O)c1cccc(C)c1.CNS(=O)(=O)c1ccc(C)cc1.CNS(=O)(=O)c1cccc(C)c1.COc1ccc(C)cc1.Cc1ccccc1. The molecule has 0 spiro atoms. The zero-order valence-electron chi connectivity index (χ0n) is 41.0. The zero-order chi connectivity index (χ0) is 50.1. The lowest BCUT2D eigenvalue weighted by molar-refractivity contribution is 0.0955. The van der Waals surface area contributed by atoms with Gasteiger partial charge in [-0.25, -0.2) is 26.3 Å². The first-order valence-electron chi connectivity index (χ1n) is 21.4. The van der Waals surface area contributed by atoms with Crippen molar-refractivity contribution in [3.8, 4) is 5.75 Å². The van der Waals surface area contributed by atoms with Crippen molar-refractivity contribution in [1.82, 2.24) is 20.1 Å². The van der Waals surface area contributed by atoms with Crippen LogP contribution in [0.1, 0.15) is 80.8 Å². The third kappa shape index (κ3) is 26.0. The minimum atomic E-state index is -3.27. The highest BCUT2D eigenvalue weighted by Crippen LogP contribution is 2.11. The van der Waals surface area contributed by atoms with Crippen LogP contribution in [0.3, 0.4) is 0 Å². The number of hydrogen-bond acceptors (Lipinski definition) is 7. The molecule has 0 radical (unpaired) electrons. The maximum atomic E-state index is 11.2. The standard InChI is InChI=1S/2C9H11NO.2C8H11NO2S.C8H10O.C7H8.C4H10/c1-7-3-5-8(6-4-7)9(11)10-2;1-7-4-3-5-8(6-7)9(11)10-2;1-7-3-5-8(6-4-7)12(10,11)9-2;1-7-4-3-5-8(6-7)12(10,11)9-2;1-7-3-5-8(9-2)6-4-7;1-7-5-3-2-4-6-7;1-3-4-2/h2*3-6H,1-2H3,(H,10,11);2*3-6,9H,1-2H3;3-6H,1-2H3;2-6H,1H3;3-4H2,1-2H3. The molecule has 0 saturated carbocycles. The summed E-state index contributed by atoms with van der Waals surface area (Å²) >= 11 is 0. The number of ether oxygens (including phenoxy) is 1. The molecule has 0 bridgehead atoms. The number of carbonyl (C=O) groups is 2. The normalized spacial score (nSPS) is 9.89. The van der Waals surface area contributed by atoms with Crippen LogP contribution >= 0.6 is 0 Å². The van der Waals surface area contributed by atoms with Crippen LogP contribution in [-0.2, 0) is 20.0 Å². The Balaban J connectivity index is 0.000000760. The summed E-state index contributed by atoms with van der Waals surface area (Å²) in [5, 5.41) is 5.13. The molecule has 0 atom stereocenters. The van der Waals surface area contributed by atoms with E-state index in [-0.39, 0.29) is 11.8 Å². The van der Waals surface area contributed by atoms with Gasteiger partial charge in [0.1, 0.15) is 5.75 Å². The zero-order valence-corrected chi connectivity index (χ0v) is 42.7. The summed E-state index contributed by atoms with van der Waals surface area (Å²) in [6.45, 7) is 16.2. The van der Waals surface area contributed by atoms with Crippen LogP contribution in [0.2, 0.25) is 0 Å². The molecular weight excluding hydrogens is 869 g/mol. The molecule has 0 saturated heterocycles. The predicted molar refractivity (Wildman–Crippen MR) is 273 cm³/mol. The summed E-state index contributed by atoms with van der Waals surface area (Å²) in [6.07, 6.45) is 2.64. The van der Waals surface area contributed by atoms with Crippen LogP contribution in [0, 0.1) is 41.5 Å². The Bertz CT molecular complexity index is 2480. The summed E-state index contributed by atoms with van der Waals surface area (Å²) in [6, 6.07) is 46.7. The van der Waals surface area contributed by atoms with Crippen molar-refractivity contribution < 1.29 is 31.2 Å². The molecule has 6 aromatic carbocycles. The van der Waals surface area contributed by atoms with Crippen molar-refractivity contribution >= 4 is 31.9 Å². The highest BCUT2D eigenvalue weighted by molar-refractivity contribution is 7.89. The molecule has 13 heteroatoms. The van der Waals surface area contributed by atoms with E-state index in [1.54, 1.807) is 69.7 Å². The molecule has 0 heterocycles. The molecule has 0 aromatic heterocycles. The lowest BCUT2D eigenvalue weighted by Crippen LogP contribution is -2.18. The fourth-order valence-electron chi connectivity index (χ4n) is 4.72. The van der Waals surface area contributed by atoms with Gasteiger partial charge >= 0.3 is 0 Å². The lowest BCUT2D eigenvalue weighted by Gasteiger charge is -2.01. The van der Waals surface area contributed by atoms with Crippen molar-refractivity contribution in [2.45, 2.75) is 78.0 Å². The van der Waals surface area contributed by atoms with Crippen molar-refractivity contribution in [2.75, 3.05) is 35.3 Å². The van der Waals surface area contributed by atoms with E-state index in [0.29, 0.717) is 20.9 Å². The maximum Gasteiger partial charge on any atom is 0.251 e. The first kappa shape index (κ1) is 59.9. The molecule has 358 valence electrons. The summed E-state index contributed by atoms with van der Waals surface area (Å²) < 4.78 is 54.4. The van der Waals surface area contributed by atoms with Crippen LogP contribution in [0.15, 0.2) is 161 Å². The lowest BCUT2D eigenvalue weighted by atomic mass is 10.1. The first-order chi connectivity index (χ1) is 31.2. The highest BCUT2D eigenvalue weighted by Gasteiger charge is 2.10. The molecule has 0 aliphatic rings. The summed E-state index contributed by atoms with van der Waals surface area (Å²) in [7, 11) is 1.19. The second kappa shape index (κ2) is 33.4. The minimum absolute atomic E-state index is 0.0336. The average Bonchev–Trinajstić information content (AvgIpc) is 3.33. The van der Waals surface area contributed by atoms with Gasteiger partial charge < -0.3 is 15.4 Å². The fraction of sp³-hybridized carbons (Fsp3) is 0.283. The maximum absolute atomic E-state index is 11.2. The van der Waals surface area contributed by atoms with Crippen molar-refractivity contribution in [3.05, 3.63) is 196 Å². The van der Waals surface area contributed by atoms with E-state index >= 15 is 0 Å². The molecule has 66 heavy (non-hydrogen) atoms. The number of sulfonamides is 2. The van der Waals surface area contributed by atoms with E-state index in [0.717, 1.165) is 28.0 Å². The molecule has 0 unspecified atom stereocenters. The minimum Gasteiger partial charge on any atom is -0.497 e. The predicted octanol–water partition coefficient (Wildman–Crippen LogP) is 10.3. The molecule has 4 N–H and O–H groups in total. The van der Waals surface area contributed by atoms with E-state index in [1.807, 2.05) is 119 Å². The van der Waals surface area contributed by atoms with Crippen LogP contribution < -0.4 is 24.8 Å². The molecular formula is C53H72N4O7S2. The van der Waals surface area contributed by atoms with Gasteiger partial charge in [-0.3, -0.25) is 9.59 Å². The molecule has 6 rings (SSSR count).